The molecule has 84 heavy (non-hydrogen) atoms. The van der Waals surface area contributed by atoms with Crippen LogP contribution in [0.2, 0.25) is 0 Å². The molecule has 422 valence electrons. The average molecular weight is 1100 g/mol. The zero-order chi connectivity index (χ0) is 59.6. The maximum Gasteiger partial charge on any atom is 0.252 e. The molecule has 0 amide bonds. The first-order chi connectivity index (χ1) is 39.4. The van der Waals surface area contributed by atoms with Crippen LogP contribution >= 0.6 is 0 Å². The van der Waals surface area contributed by atoms with Crippen molar-refractivity contribution >= 4 is 78.5 Å². The van der Waals surface area contributed by atoms with E-state index in [1.807, 2.05) is 0 Å². The lowest BCUT2D eigenvalue weighted by molar-refractivity contribution is 0.409. The summed E-state index contributed by atoms with van der Waals surface area (Å²) in [4.78, 5) is 0. The summed E-state index contributed by atoms with van der Waals surface area (Å²) in [7, 11) is 3.58. The molecule has 4 nitrogen and oxygen atoms in total. The van der Waals surface area contributed by atoms with Crippen molar-refractivity contribution in [1.29, 1.82) is 0 Å². The van der Waals surface area contributed by atoms with Crippen molar-refractivity contribution in [3.05, 3.63) is 155 Å². The topological polar surface area (TPSA) is 36.9 Å². The predicted octanol–water partition coefficient (Wildman–Crippen LogP) is 16.9. The Labute approximate surface area is 499 Å². The minimum atomic E-state index is -0.228. The Kier molecular flexibility index (Phi) is 11.4. The molecule has 0 N–H and O–H groups in total. The molecule has 4 heterocycles. The first-order valence-electron chi connectivity index (χ1n) is 30.6. The van der Waals surface area contributed by atoms with Crippen molar-refractivity contribution in [3.63, 3.8) is 0 Å². The van der Waals surface area contributed by atoms with E-state index in [1.54, 1.807) is 14.2 Å². The Morgan fingerprint density at radius 3 is 0.952 bits per heavy atom. The predicted molar refractivity (Wildman–Crippen MR) is 360 cm³/mol. The van der Waals surface area contributed by atoms with E-state index >= 15 is 0 Å². The zero-order valence-electron chi connectivity index (χ0n) is 53.3. The van der Waals surface area contributed by atoms with Gasteiger partial charge in [-0.05, 0) is 201 Å². The van der Waals surface area contributed by atoms with E-state index < -0.39 is 0 Å². The van der Waals surface area contributed by atoms with Gasteiger partial charge in [0.25, 0.3) is 13.4 Å². The van der Waals surface area contributed by atoms with Gasteiger partial charge in [-0.2, -0.15) is 0 Å². The number of rotatable bonds is 4. The number of hydrogen-bond donors (Lipinski definition) is 0. The minimum absolute atomic E-state index is 0.0862. The van der Waals surface area contributed by atoms with Gasteiger partial charge < -0.3 is 18.9 Å². The van der Waals surface area contributed by atoms with Crippen LogP contribution in [0.25, 0.3) is 76.8 Å². The third-order valence-electron chi connectivity index (χ3n) is 19.3. The molecule has 0 saturated carbocycles. The molecule has 14 rings (SSSR count). The average Bonchev–Trinajstić information content (AvgIpc) is 0.678. The third-order valence-corrected chi connectivity index (χ3v) is 19.3. The van der Waals surface area contributed by atoms with Gasteiger partial charge in [-0.15, -0.1) is 0 Å². The van der Waals surface area contributed by atoms with Gasteiger partial charge in [-0.3, -0.25) is 0 Å². The number of fused-ring (bicyclic) bond motifs is 8. The SMILES string of the molecule is COc1cc2c3c(c1)-c1cc(-c4c(C(C)(C)C)cc(C(C)(C)C)cc4C(C)(C)C)c4cc5c6c(cc(-c7c(C(C)(C)C)cc(C(C)(C)C)cc7C(C)(C)C)c7cc(c1c4c76)B3c1ccccc1O2)-c1cc(OC)cc2c1B5c1ccccc1O2. The van der Waals surface area contributed by atoms with Gasteiger partial charge in [-0.25, -0.2) is 0 Å². The molecule has 0 bridgehead atoms. The highest BCUT2D eigenvalue weighted by atomic mass is 16.5. The highest BCUT2D eigenvalue weighted by Gasteiger charge is 2.46. The summed E-state index contributed by atoms with van der Waals surface area (Å²) in [5.74, 6) is 5.02. The Balaban J connectivity index is 1.31. The second-order valence-corrected chi connectivity index (χ2v) is 31.2. The number of ether oxygens (including phenoxy) is 4. The molecule has 6 heteroatoms. The van der Waals surface area contributed by atoms with Crippen LogP contribution in [0.5, 0.6) is 34.5 Å². The Morgan fingerprint density at radius 2 is 0.643 bits per heavy atom. The fraction of sp³-hybridized carbons (Fsp3) is 0.333. The summed E-state index contributed by atoms with van der Waals surface area (Å²) in [6, 6.07) is 47.1. The Morgan fingerprint density at radius 1 is 0.310 bits per heavy atom. The van der Waals surface area contributed by atoms with E-state index in [4.69, 9.17) is 18.9 Å². The van der Waals surface area contributed by atoms with E-state index in [9.17, 15) is 0 Å². The summed E-state index contributed by atoms with van der Waals surface area (Å²) < 4.78 is 26.8. The van der Waals surface area contributed by atoms with Crippen LogP contribution < -0.4 is 51.7 Å². The highest BCUT2D eigenvalue weighted by Crippen LogP contribution is 2.56. The maximum absolute atomic E-state index is 7.11. The van der Waals surface area contributed by atoms with Crippen molar-refractivity contribution in [1.82, 2.24) is 0 Å². The zero-order valence-corrected chi connectivity index (χ0v) is 53.3. The minimum Gasteiger partial charge on any atom is -0.497 e. The largest absolute Gasteiger partial charge is 0.497 e. The van der Waals surface area contributed by atoms with Gasteiger partial charge in [-0.1, -0.05) is 208 Å². The fourth-order valence-electron chi connectivity index (χ4n) is 15.1. The molecule has 0 aromatic heterocycles. The molecule has 0 fully saturated rings. The lowest BCUT2D eigenvalue weighted by Crippen LogP contribution is -2.58. The lowest BCUT2D eigenvalue weighted by Gasteiger charge is -2.39. The lowest BCUT2D eigenvalue weighted by atomic mass is 9.32. The van der Waals surface area contributed by atoms with E-state index in [0.717, 1.165) is 45.6 Å². The van der Waals surface area contributed by atoms with E-state index in [2.05, 4.69) is 246 Å². The van der Waals surface area contributed by atoms with Gasteiger partial charge in [0.05, 0.1) is 14.2 Å². The molecule has 0 unspecified atom stereocenters. The molecule has 0 saturated heterocycles. The van der Waals surface area contributed by atoms with Crippen LogP contribution in [-0.2, 0) is 32.5 Å². The van der Waals surface area contributed by atoms with Crippen LogP contribution in [0.4, 0.5) is 0 Å². The molecule has 0 aliphatic carbocycles. The smallest absolute Gasteiger partial charge is 0.252 e. The normalized spacial score (nSPS) is 14.3. The van der Waals surface area contributed by atoms with Crippen molar-refractivity contribution in [2.75, 3.05) is 14.2 Å². The number of methoxy groups -OCH3 is 2. The fourth-order valence-corrected chi connectivity index (χ4v) is 15.1. The molecular weight excluding hydrogens is 1020 g/mol. The number of benzene rings is 10. The van der Waals surface area contributed by atoms with Gasteiger partial charge in [0.15, 0.2) is 0 Å². The highest BCUT2D eigenvalue weighted by molar-refractivity contribution is 7.01. The van der Waals surface area contributed by atoms with Crippen molar-refractivity contribution in [2.45, 2.75) is 157 Å². The van der Waals surface area contributed by atoms with Gasteiger partial charge in [0, 0.05) is 12.1 Å². The van der Waals surface area contributed by atoms with Crippen molar-refractivity contribution < 1.29 is 18.9 Å². The van der Waals surface area contributed by atoms with Crippen LogP contribution in [0.3, 0.4) is 0 Å². The standard InChI is InChI=1S/C78H80B2O4/c1-73(2,3)41-29-53(75(7,8)9)65(54(30-41)76(10,11)12)45-37-47-51-33-43(81-19)35-63-71(51)80(58-26-22-24-28-62(58)83-63)60-40-50-46(66-55(77(13,14)15)31-42(74(4,5)6)32-56(66)78(16,17)18)38-48-52-34-44(82-20)36-64-72(52)79(57-25-21-23-27-61(57)84-64)59-39-49(45)69(67(47)60)70(50)68(48)59/h21-40H,1-20H3. The second-order valence-electron chi connectivity index (χ2n) is 31.2. The van der Waals surface area contributed by atoms with Crippen LogP contribution in [0.1, 0.15) is 158 Å². The molecule has 4 aliphatic heterocycles. The third kappa shape index (κ3) is 7.86. The molecule has 10 aromatic rings. The van der Waals surface area contributed by atoms with E-state index in [-0.39, 0.29) is 45.9 Å². The quantitative estimate of drug-likeness (QED) is 0.130. The molecular formula is C78H80B2O4. The second kappa shape index (κ2) is 17.6. The number of hydrogen-bond acceptors (Lipinski definition) is 4. The molecule has 0 spiro atoms. The summed E-state index contributed by atoms with van der Waals surface area (Å²) in [6.07, 6.45) is 0. The summed E-state index contributed by atoms with van der Waals surface area (Å²) in [6.45, 7) is 42.9. The summed E-state index contributed by atoms with van der Waals surface area (Å²) in [5, 5.41) is 7.76. The summed E-state index contributed by atoms with van der Waals surface area (Å²) >= 11 is 0. The molecule has 10 aromatic carbocycles. The number of para-hydroxylation sites is 2. The maximum atomic E-state index is 7.11. The Bertz CT molecular complexity index is 4150. The van der Waals surface area contributed by atoms with Gasteiger partial charge in [0.2, 0.25) is 0 Å². The van der Waals surface area contributed by atoms with Gasteiger partial charge in [0.1, 0.15) is 34.5 Å². The van der Waals surface area contributed by atoms with E-state index in [1.165, 1.54) is 132 Å². The van der Waals surface area contributed by atoms with Crippen LogP contribution in [0.15, 0.2) is 121 Å². The Hall–Kier alpha value is -7.43. The molecule has 4 aliphatic rings. The molecule has 0 radical (unpaired) electrons. The first kappa shape index (κ1) is 54.5. The monoisotopic (exact) mass is 1100 g/mol. The molecule has 0 atom stereocenters. The summed E-state index contributed by atoms with van der Waals surface area (Å²) in [5.41, 5.74) is 24.3. The first-order valence-corrected chi connectivity index (χ1v) is 30.6. The van der Waals surface area contributed by atoms with Crippen LogP contribution in [-0.4, -0.2) is 27.6 Å². The van der Waals surface area contributed by atoms with E-state index in [0.29, 0.717) is 0 Å². The van der Waals surface area contributed by atoms with Crippen molar-refractivity contribution in [2.24, 2.45) is 0 Å². The van der Waals surface area contributed by atoms with Crippen LogP contribution in [0, 0.1) is 0 Å². The van der Waals surface area contributed by atoms with Gasteiger partial charge >= 0.3 is 0 Å². The van der Waals surface area contributed by atoms with Crippen molar-refractivity contribution in [3.8, 4) is 79.0 Å².